The van der Waals surface area contributed by atoms with Crippen molar-refractivity contribution in [1.29, 1.82) is 0 Å². The highest BCUT2D eigenvalue weighted by Gasteiger charge is 2.25. The van der Waals surface area contributed by atoms with Crippen LogP contribution < -0.4 is 0 Å². The molecule has 19 heavy (non-hydrogen) atoms. The number of hydrogen-bond acceptors (Lipinski definition) is 2. The quantitative estimate of drug-likeness (QED) is 0.566. The van der Waals surface area contributed by atoms with Crippen molar-refractivity contribution in [1.82, 2.24) is 0 Å². The molecule has 0 unspecified atom stereocenters. The number of halogens is 2. The summed E-state index contributed by atoms with van der Waals surface area (Å²) < 4.78 is 0. The van der Waals surface area contributed by atoms with E-state index in [4.69, 9.17) is 23.2 Å². The topological polar surface area (TPSA) is 43.1 Å². The molecule has 0 bridgehead atoms. The van der Waals surface area contributed by atoms with Gasteiger partial charge in [-0.25, -0.2) is 0 Å². The molecule has 0 aliphatic heterocycles. The van der Waals surface area contributed by atoms with Gasteiger partial charge in [-0.1, -0.05) is 29.3 Å². The highest BCUT2D eigenvalue weighted by Crippen LogP contribution is 2.42. The molecule has 2 aromatic rings. The lowest BCUT2D eigenvalue weighted by atomic mass is 9.85. The van der Waals surface area contributed by atoms with E-state index in [0.29, 0.717) is 15.6 Å². The number of rotatable bonds is 1. The van der Waals surface area contributed by atoms with Crippen molar-refractivity contribution >= 4 is 28.9 Å². The van der Waals surface area contributed by atoms with Crippen molar-refractivity contribution in [3.05, 3.63) is 61.6 Å². The Labute approximate surface area is 119 Å². The largest absolute Gasteiger partial charge is 0.278 e. The summed E-state index contributed by atoms with van der Waals surface area (Å²) in [6, 6.07) is 8.69. The Morgan fingerprint density at radius 1 is 1.00 bits per heavy atom. The molecule has 0 radical (unpaired) electrons. The Morgan fingerprint density at radius 3 is 2.42 bits per heavy atom. The van der Waals surface area contributed by atoms with E-state index < -0.39 is 0 Å². The first-order valence-corrected chi connectivity index (χ1v) is 6.57. The van der Waals surface area contributed by atoms with E-state index >= 15 is 0 Å². The van der Waals surface area contributed by atoms with E-state index in [1.165, 1.54) is 6.07 Å². The van der Waals surface area contributed by atoms with Crippen LogP contribution in [0.15, 0.2) is 30.3 Å². The number of aryl methyl sites for hydroxylation is 2. The zero-order chi connectivity index (χ0) is 13.6. The van der Waals surface area contributed by atoms with Gasteiger partial charge in [0.2, 0.25) is 0 Å². The lowest BCUT2D eigenvalue weighted by Crippen LogP contribution is -2.06. The normalized spacial score (nSPS) is 12.7. The Balaban J connectivity index is 2.33. The van der Waals surface area contributed by atoms with Gasteiger partial charge in [0.05, 0.1) is 10.5 Å². The predicted molar refractivity (Wildman–Crippen MR) is 76.0 cm³/mol. The van der Waals surface area contributed by atoms with Crippen molar-refractivity contribution in [2.45, 2.75) is 12.8 Å². The van der Waals surface area contributed by atoms with E-state index in [1.807, 2.05) is 12.1 Å². The maximum atomic E-state index is 11.2. The van der Waals surface area contributed by atoms with Crippen LogP contribution in [-0.4, -0.2) is 4.92 Å². The monoisotopic (exact) mass is 293 g/mol. The van der Waals surface area contributed by atoms with E-state index in [-0.39, 0.29) is 10.6 Å². The fourth-order valence-electron chi connectivity index (χ4n) is 2.58. The predicted octanol–water partition coefficient (Wildman–Crippen LogP) is 4.67. The maximum absolute atomic E-state index is 11.2. The number of nitro benzene ring substituents is 1. The first-order valence-electron chi connectivity index (χ1n) is 5.82. The van der Waals surface area contributed by atoms with Gasteiger partial charge >= 0.3 is 0 Å². The Kier molecular flexibility index (Phi) is 2.96. The molecule has 0 fully saturated rings. The third-order valence-electron chi connectivity index (χ3n) is 3.36. The summed E-state index contributed by atoms with van der Waals surface area (Å²) in [6.45, 7) is 0. The van der Waals surface area contributed by atoms with E-state index in [2.05, 4.69) is 0 Å². The maximum Gasteiger partial charge on any atom is 0.278 e. The molecule has 0 saturated carbocycles. The minimum absolute atomic E-state index is 0.0609. The molecule has 0 heterocycles. The number of fused-ring (bicyclic) bond motifs is 3. The van der Waals surface area contributed by atoms with Crippen LogP contribution >= 0.6 is 23.2 Å². The smallest absolute Gasteiger partial charge is 0.258 e. The average Bonchev–Trinajstić information content (AvgIpc) is 2.36. The second-order valence-electron chi connectivity index (χ2n) is 4.52. The van der Waals surface area contributed by atoms with Gasteiger partial charge in [-0.3, -0.25) is 10.1 Å². The van der Waals surface area contributed by atoms with Gasteiger partial charge in [0, 0.05) is 16.1 Å². The van der Waals surface area contributed by atoms with Gasteiger partial charge in [-0.05, 0) is 47.7 Å². The summed E-state index contributed by atoms with van der Waals surface area (Å²) in [5, 5.41) is 12.3. The van der Waals surface area contributed by atoms with E-state index in [9.17, 15) is 10.1 Å². The van der Waals surface area contributed by atoms with Gasteiger partial charge in [-0.15, -0.1) is 0 Å². The lowest BCUT2D eigenvalue weighted by Gasteiger charge is -2.20. The molecule has 2 aromatic carbocycles. The van der Waals surface area contributed by atoms with Crippen LogP contribution in [0, 0.1) is 10.1 Å². The fraction of sp³-hybridized carbons (Fsp3) is 0.143. The lowest BCUT2D eigenvalue weighted by molar-refractivity contribution is -0.384. The second kappa shape index (κ2) is 4.51. The van der Waals surface area contributed by atoms with E-state index in [1.54, 1.807) is 12.1 Å². The van der Waals surface area contributed by atoms with Crippen molar-refractivity contribution in [2.24, 2.45) is 0 Å². The highest BCUT2D eigenvalue weighted by molar-refractivity contribution is 6.31. The Bertz CT molecular complexity index is 698. The molecule has 0 spiro atoms. The minimum Gasteiger partial charge on any atom is -0.258 e. The zero-order valence-electron chi connectivity index (χ0n) is 9.82. The van der Waals surface area contributed by atoms with Crippen molar-refractivity contribution in [3.8, 4) is 11.1 Å². The fourth-order valence-corrected chi connectivity index (χ4v) is 3.01. The number of hydrogen-bond donors (Lipinski definition) is 0. The molecular formula is C14H9Cl2NO2. The van der Waals surface area contributed by atoms with Gasteiger partial charge in [0.25, 0.3) is 5.69 Å². The standard InChI is InChI=1S/C14H9Cl2NO2/c15-10-3-4-12-8(5-10)1-2-9-6-11(16)7-13(14(9)12)17(18)19/h3-7H,1-2H2. The van der Waals surface area contributed by atoms with Gasteiger partial charge in [0.1, 0.15) is 0 Å². The SMILES string of the molecule is O=[N+]([O-])c1cc(Cl)cc2c1-c1ccc(Cl)cc1CC2. The second-order valence-corrected chi connectivity index (χ2v) is 5.39. The van der Waals surface area contributed by atoms with Crippen molar-refractivity contribution < 1.29 is 4.92 Å². The molecule has 0 aromatic heterocycles. The molecule has 0 atom stereocenters. The first-order chi connectivity index (χ1) is 9.06. The minimum atomic E-state index is -0.381. The van der Waals surface area contributed by atoms with Gasteiger partial charge < -0.3 is 0 Å². The van der Waals surface area contributed by atoms with Crippen LogP contribution in [0.4, 0.5) is 5.69 Å². The van der Waals surface area contributed by atoms with Crippen molar-refractivity contribution in [2.75, 3.05) is 0 Å². The Morgan fingerprint density at radius 2 is 1.68 bits per heavy atom. The van der Waals surface area contributed by atoms with Crippen LogP contribution in [0.2, 0.25) is 10.0 Å². The molecule has 3 rings (SSSR count). The summed E-state index contributed by atoms with van der Waals surface area (Å²) in [5.74, 6) is 0. The molecule has 0 saturated heterocycles. The molecule has 3 nitrogen and oxygen atoms in total. The summed E-state index contributed by atoms with van der Waals surface area (Å²) in [6.07, 6.45) is 1.56. The molecule has 1 aliphatic rings. The zero-order valence-corrected chi connectivity index (χ0v) is 11.3. The van der Waals surface area contributed by atoms with Crippen LogP contribution in [0.3, 0.4) is 0 Å². The average molecular weight is 294 g/mol. The number of benzene rings is 2. The van der Waals surface area contributed by atoms with Crippen molar-refractivity contribution in [3.63, 3.8) is 0 Å². The Hall–Kier alpha value is -1.58. The third kappa shape index (κ3) is 2.09. The summed E-state index contributed by atoms with van der Waals surface area (Å²) in [4.78, 5) is 10.8. The number of nitro groups is 1. The molecule has 5 heteroatoms. The van der Waals surface area contributed by atoms with Crippen LogP contribution in [0.1, 0.15) is 11.1 Å². The van der Waals surface area contributed by atoms with Gasteiger partial charge in [-0.2, -0.15) is 0 Å². The van der Waals surface area contributed by atoms with Gasteiger partial charge in [0.15, 0.2) is 0 Å². The van der Waals surface area contributed by atoms with Crippen LogP contribution in [0.25, 0.3) is 11.1 Å². The molecule has 0 amide bonds. The molecule has 96 valence electrons. The summed E-state index contributed by atoms with van der Waals surface area (Å²) in [7, 11) is 0. The van der Waals surface area contributed by atoms with Crippen LogP contribution in [-0.2, 0) is 12.8 Å². The molecule has 1 aliphatic carbocycles. The van der Waals surface area contributed by atoms with Crippen LogP contribution in [0.5, 0.6) is 0 Å². The molecule has 0 N–H and O–H groups in total. The third-order valence-corrected chi connectivity index (χ3v) is 3.81. The number of nitrogens with zero attached hydrogens (tertiary/aromatic N) is 1. The molecular weight excluding hydrogens is 285 g/mol. The first kappa shape index (κ1) is 12.5. The highest BCUT2D eigenvalue weighted by atomic mass is 35.5. The van der Waals surface area contributed by atoms with E-state index in [0.717, 1.165) is 29.5 Å². The summed E-state index contributed by atoms with van der Waals surface area (Å²) >= 11 is 11.9. The summed E-state index contributed by atoms with van der Waals surface area (Å²) in [5.41, 5.74) is 3.59.